The van der Waals surface area contributed by atoms with Crippen molar-refractivity contribution in [2.75, 3.05) is 12.3 Å². The average Bonchev–Trinajstić information content (AvgIpc) is 2.70. The molecule has 0 radical (unpaired) electrons. The van der Waals surface area contributed by atoms with Crippen LogP contribution < -0.4 is 10.5 Å². The van der Waals surface area contributed by atoms with Crippen LogP contribution in [-0.2, 0) is 7.05 Å². The van der Waals surface area contributed by atoms with E-state index in [1.54, 1.807) is 10.9 Å². The molecule has 1 aromatic carbocycles. The summed E-state index contributed by atoms with van der Waals surface area (Å²) in [6, 6.07) is 6.04. The maximum atomic E-state index is 6.00. The first kappa shape index (κ1) is 13.5. The standard InChI is InChI=1S/C15H18BrN3O/c1-19-15(17)12(8-18-19)11-5-6-14(13(16)7-11)20-9-10-3-2-4-10/h5-8,10H,2-4,9,17H2,1H3. The number of nitrogens with two attached hydrogens (primary N) is 1. The van der Waals surface area contributed by atoms with Gasteiger partial charge in [0.15, 0.2) is 0 Å². The molecule has 3 rings (SSSR count). The second kappa shape index (κ2) is 5.48. The van der Waals surface area contributed by atoms with E-state index in [-0.39, 0.29) is 0 Å². The zero-order valence-corrected chi connectivity index (χ0v) is 13.1. The maximum absolute atomic E-state index is 6.00. The molecule has 0 bridgehead atoms. The quantitative estimate of drug-likeness (QED) is 0.928. The van der Waals surface area contributed by atoms with Crippen molar-refractivity contribution >= 4 is 21.7 Å². The molecule has 1 heterocycles. The van der Waals surface area contributed by atoms with Gasteiger partial charge in [0.1, 0.15) is 11.6 Å². The molecule has 0 saturated heterocycles. The van der Waals surface area contributed by atoms with Crippen LogP contribution in [0.25, 0.3) is 11.1 Å². The van der Waals surface area contributed by atoms with Gasteiger partial charge in [-0.05, 0) is 52.4 Å². The fourth-order valence-electron chi connectivity index (χ4n) is 2.32. The summed E-state index contributed by atoms with van der Waals surface area (Å²) in [6.07, 6.45) is 5.71. The predicted octanol–water partition coefficient (Wildman–Crippen LogP) is 3.61. The molecule has 4 nitrogen and oxygen atoms in total. The zero-order valence-electron chi connectivity index (χ0n) is 11.5. The van der Waals surface area contributed by atoms with Gasteiger partial charge in [-0.3, -0.25) is 4.68 Å². The van der Waals surface area contributed by atoms with Crippen LogP contribution in [0.1, 0.15) is 19.3 Å². The van der Waals surface area contributed by atoms with Crippen LogP contribution in [-0.4, -0.2) is 16.4 Å². The summed E-state index contributed by atoms with van der Waals surface area (Å²) in [4.78, 5) is 0. The van der Waals surface area contributed by atoms with Gasteiger partial charge in [0.25, 0.3) is 0 Å². The van der Waals surface area contributed by atoms with Crippen molar-refractivity contribution in [1.29, 1.82) is 0 Å². The molecule has 1 aliphatic carbocycles. The lowest BCUT2D eigenvalue weighted by molar-refractivity contribution is 0.180. The number of hydrogen-bond acceptors (Lipinski definition) is 3. The molecule has 2 N–H and O–H groups in total. The number of nitrogen functional groups attached to an aromatic ring is 1. The van der Waals surface area contributed by atoms with E-state index in [0.29, 0.717) is 5.82 Å². The van der Waals surface area contributed by atoms with Gasteiger partial charge in [-0.1, -0.05) is 12.5 Å². The second-order valence-electron chi connectivity index (χ2n) is 5.32. The summed E-state index contributed by atoms with van der Waals surface area (Å²) in [6.45, 7) is 0.812. The number of nitrogens with zero attached hydrogens (tertiary/aromatic N) is 2. The van der Waals surface area contributed by atoms with Crippen molar-refractivity contribution in [3.63, 3.8) is 0 Å². The SMILES string of the molecule is Cn1ncc(-c2ccc(OCC3CCC3)c(Br)c2)c1N. The first-order valence-corrected chi connectivity index (χ1v) is 7.64. The number of aromatic nitrogens is 2. The highest BCUT2D eigenvalue weighted by atomic mass is 79.9. The highest BCUT2D eigenvalue weighted by Crippen LogP contribution is 2.34. The third kappa shape index (κ3) is 2.54. The Labute approximate surface area is 127 Å². The fraction of sp³-hybridized carbons (Fsp3) is 0.400. The van der Waals surface area contributed by atoms with Crippen molar-refractivity contribution in [3.8, 4) is 16.9 Å². The molecule has 0 spiro atoms. The predicted molar refractivity (Wildman–Crippen MR) is 83.6 cm³/mol. The maximum Gasteiger partial charge on any atom is 0.133 e. The molecule has 0 atom stereocenters. The molecule has 1 saturated carbocycles. The van der Waals surface area contributed by atoms with Crippen LogP contribution in [0.3, 0.4) is 0 Å². The van der Waals surface area contributed by atoms with Gasteiger partial charge in [0.2, 0.25) is 0 Å². The molecule has 5 heteroatoms. The third-order valence-corrected chi connectivity index (χ3v) is 4.55. The van der Waals surface area contributed by atoms with E-state index in [1.165, 1.54) is 19.3 Å². The van der Waals surface area contributed by atoms with Gasteiger partial charge in [-0.25, -0.2) is 0 Å². The van der Waals surface area contributed by atoms with E-state index in [4.69, 9.17) is 10.5 Å². The minimum atomic E-state index is 0.667. The molecule has 1 aromatic heterocycles. The smallest absolute Gasteiger partial charge is 0.133 e. The van der Waals surface area contributed by atoms with Crippen LogP contribution >= 0.6 is 15.9 Å². The number of ether oxygens (including phenoxy) is 1. The molecular weight excluding hydrogens is 318 g/mol. The van der Waals surface area contributed by atoms with Crippen LogP contribution in [0.15, 0.2) is 28.9 Å². The lowest BCUT2D eigenvalue weighted by Crippen LogP contribution is -2.19. The number of anilines is 1. The highest BCUT2D eigenvalue weighted by Gasteiger charge is 2.18. The molecule has 0 aliphatic heterocycles. The Hall–Kier alpha value is -1.49. The molecule has 106 valence electrons. The van der Waals surface area contributed by atoms with Gasteiger partial charge in [-0.2, -0.15) is 5.10 Å². The number of rotatable bonds is 4. The Bertz CT molecular complexity index is 620. The lowest BCUT2D eigenvalue weighted by Gasteiger charge is -2.25. The number of halogens is 1. The van der Waals surface area contributed by atoms with Crippen molar-refractivity contribution < 1.29 is 4.74 Å². The lowest BCUT2D eigenvalue weighted by atomic mass is 9.86. The largest absolute Gasteiger partial charge is 0.492 e. The minimum Gasteiger partial charge on any atom is -0.492 e. The van der Waals surface area contributed by atoms with Gasteiger partial charge in [0, 0.05) is 12.6 Å². The Morgan fingerprint density at radius 1 is 1.45 bits per heavy atom. The van der Waals surface area contributed by atoms with Gasteiger partial charge in [0.05, 0.1) is 17.3 Å². The van der Waals surface area contributed by atoms with Crippen LogP contribution in [0.4, 0.5) is 5.82 Å². The first-order chi connectivity index (χ1) is 9.65. The summed E-state index contributed by atoms with van der Waals surface area (Å²) >= 11 is 3.57. The van der Waals surface area contributed by atoms with E-state index in [9.17, 15) is 0 Å². The van der Waals surface area contributed by atoms with E-state index in [0.717, 1.165) is 33.9 Å². The summed E-state index contributed by atoms with van der Waals surface area (Å²) in [5, 5.41) is 4.17. The molecule has 1 fully saturated rings. The second-order valence-corrected chi connectivity index (χ2v) is 6.17. The summed E-state index contributed by atoms with van der Waals surface area (Å²) in [7, 11) is 1.84. The van der Waals surface area contributed by atoms with Crippen LogP contribution in [0.5, 0.6) is 5.75 Å². The normalized spacial score (nSPS) is 15.1. The molecule has 0 unspecified atom stereocenters. The van der Waals surface area contributed by atoms with E-state index in [1.807, 2.05) is 25.2 Å². The Balaban J connectivity index is 1.77. The van der Waals surface area contributed by atoms with Crippen molar-refractivity contribution in [2.45, 2.75) is 19.3 Å². The monoisotopic (exact) mass is 335 g/mol. The van der Waals surface area contributed by atoms with Gasteiger partial charge in [-0.15, -0.1) is 0 Å². The third-order valence-electron chi connectivity index (χ3n) is 3.93. The van der Waals surface area contributed by atoms with Crippen molar-refractivity contribution in [1.82, 2.24) is 9.78 Å². The number of aryl methyl sites for hydroxylation is 1. The minimum absolute atomic E-state index is 0.667. The van der Waals surface area contributed by atoms with E-state index < -0.39 is 0 Å². The Morgan fingerprint density at radius 2 is 2.25 bits per heavy atom. The van der Waals surface area contributed by atoms with Crippen molar-refractivity contribution in [2.24, 2.45) is 13.0 Å². The number of hydrogen-bond donors (Lipinski definition) is 1. The summed E-state index contributed by atoms with van der Waals surface area (Å²) in [5.74, 6) is 2.29. The molecule has 2 aromatic rings. The van der Waals surface area contributed by atoms with E-state index in [2.05, 4.69) is 21.0 Å². The Morgan fingerprint density at radius 3 is 2.80 bits per heavy atom. The topological polar surface area (TPSA) is 53.1 Å². The summed E-state index contributed by atoms with van der Waals surface area (Å²) in [5.41, 5.74) is 7.98. The van der Waals surface area contributed by atoms with Gasteiger partial charge < -0.3 is 10.5 Å². The highest BCUT2D eigenvalue weighted by molar-refractivity contribution is 9.10. The molecular formula is C15H18BrN3O. The van der Waals surface area contributed by atoms with E-state index >= 15 is 0 Å². The molecule has 1 aliphatic rings. The number of benzene rings is 1. The van der Waals surface area contributed by atoms with Crippen LogP contribution in [0.2, 0.25) is 0 Å². The Kier molecular flexibility index (Phi) is 3.70. The first-order valence-electron chi connectivity index (χ1n) is 6.85. The summed E-state index contributed by atoms with van der Waals surface area (Å²) < 4.78 is 8.50. The van der Waals surface area contributed by atoms with Gasteiger partial charge >= 0.3 is 0 Å². The van der Waals surface area contributed by atoms with Crippen molar-refractivity contribution in [3.05, 3.63) is 28.9 Å². The zero-order chi connectivity index (χ0) is 14.1. The fourth-order valence-corrected chi connectivity index (χ4v) is 2.82. The average molecular weight is 336 g/mol. The molecule has 0 amide bonds. The molecule has 20 heavy (non-hydrogen) atoms. The van der Waals surface area contributed by atoms with Crippen LogP contribution in [0, 0.1) is 5.92 Å².